The predicted molar refractivity (Wildman–Crippen MR) is 71.0 cm³/mol. The second-order valence-corrected chi connectivity index (χ2v) is 5.70. The number of anilines is 1. The Hall–Kier alpha value is -2.48. The van der Waals surface area contributed by atoms with Crippen LogP contribution < -0.4 is 4.72 Å². The summed E-state index contributed by atoms with van der Waals surface area (Å²) < 4.78 is 26.2. The number of nitrogens with one attached hydrogen (secondary N) is 1. The highest BCUT2D eigenvalue weighted by Gasteiger charge is 2.15. The number of aryl methyl sites for hydroxylation is 1. The quantitative estimate of drug-likeness (QED) is 0.879. The Labute approximate surface area is 115 Å². The summed E-state index contributed by atoms with van der Waals surface area (Å²) >= 11 is 0. The summed E-state index contributed by atoms with van der Waals surface area (Å²) in [4.78, 5) is 18.0. The van der Waals surface area contributed by atoms with Crippen LogP contribution in [0.4, 0.5) is 5.95 Å². The van der Waals surface area contributed by atoms with Crippen molar-refractivity contribution in [1.82, 2.24) is 9.97 Å². The Morgan fingerprint density at radius 1 is 1.15 bits per heavy atom. The molecular weight excluding hydrogens is 282 g/mol. The fourth-order valence-electron chi connectivity index (χ4n) is 1.39. The molecule has 0 atom stereocenters. The third kappa shape index (κ3) is 3.09. The van der Waals surface area contributed by atoms with Crippen LogP contribution >= 0.6 is 0 Å². The van der Waals surface area contributed by atoms with E-state index in [1.165, 1.54) is 12.1 Å². The fraction of sp³-hybridized carbons (Fsp3) is 0.0833. The highest BCUT2D eigenvalue weighted by atomic mass is 32.2. The standard InChI is InChI=1S/C12H11N3O4S/c1-8-2-4-10(5-3-8)20(18,19)15-12-13-6-9(7-14-12)11(16)17/h2-7H,1H3,(H,16,17)(H,13,14,15). The van der Waals surface area contributed by atoms with Crippen LogP contribution in [-0.4, -0.2) is 29.5 Å². The van der Waals surface area contributed by atoms with Gasteiger partial charge in [-0.05, 0) is 19.1 Å². The fourth-order valence-corrected chi connectivity index (χ4v) is 2.35. The van der Waals surface area contributed by atoms with Crippen LogP contribution in [0.25, 0.3) is 0 Å². The molecule has 0 aliphatic heterocycles. The van der Waals surface area contributed by atoms with Gasteiger partial charge in [0.15, 0.2) is 0 Å². The van der Waals surface area contributed by atoms with Crippen molar-refractivity contribution in [3.8, 4) is 0 Å². The second kappa shape index (κ2) is 5.25. The molecular formula is C12H11N3O4S. The molecule has 0 radical (unpaired) electrons. The topological polar surface area (TPSA) is 109 Å². The Balaban J connectivity index is 2.24. The molecule has 0 aliphatic carbocycles. The van der Waals surface area contributed by atoms with Crippen LogP contribution in [0.5, 0.6) is 0 Å². The van der Waals surface area contributed by atoms with Gasteiger partial charge < -0.3 is 5.11 Å². The number of aromatic nitrogens is 2. The van der Waals surface area contributed by atoms with Crippen LogP contribution in [0.3, 0.4) is 0 Å². The SMILES string of the molecule is Cc1ccc(S(=O)(=O)Nc2ncc(C(=O)O)cn2)cc1. The molecule has 104 valence electrons. The number of nitrogens with zero attached hydrogens (tertiary/aromatic N) is 2. The molecule has 1 aromatic carbocycles. The van der Waals surface area contributed by atoms with E-state index in [0.717, 1.165) is 18.0 Å². The van der Waals surface area contributed by atoms with Crippen LogP contribution in [-0.2, 0) is 10.0 Å². The minimum absolute atomic E-state index is 0.0778. The molecule has 2 rings (SSSR count). The summed E-state index contributed by atoms with van der Waals surface area (Å²) in [5.74, 6) is -1.37. The molecule has 0 spiro atoms. The van der Waals surface area contributed by atoms with Crippen molar-refractivity contribution >= 4 is 21.9 Å². The molecule has 0 fully saturated rings. The number of benzene rings is 1. The minimum atomic E-state index is -3.79. The van der Waals surface area contributed by atoms with E-state index < -0.39 is 16.0 Å². The van der Waals surface area contributed by atoms with E-state index in [4.69, 9.17) is 5.11 Å². The van der Waals surface area contributed by atoms with E-state index >= 15 is 0 Å². The van der Waals surface area contributed by atoms with E-state index in [0.29, 0.717) is 0 Å². The molecule has 0 bridgehead atoms. The maximum Gasteiger partial charge on any atom is 0.338 e. The first-order valence-electron chi connectivity index (χ1n) is 5.53. The van der Waals surface area contributed by atoms with Crippen molar-refractivity contribution < 1.29 is 18.3 Å². The third-order valence-electron chi connectivity index (χ3n) is 2.46. The molecule has 0 aliphatic rings. The second-order valence-electron chi connectivity index (χ2n) is 4.02. The molecule has 1 heterocycles. The average Bonchev–Trinajstić information content (AvgIpc) is 2.39. The Kier molecular flexibility index (Phi) is 3.66. The lowest BCUT2D eigenvalue weighted by Gasteiger charge is -2.06. The van der Waals surface area contributed by atoms with E-state index in [1.54, 1.807) is 12.1 Å². The third-order valence-corrected chi connectivity index (χ3v) is 3.80. The lowest BCUT2D eigenvalue weighted by Crippen LogP contribution is -2.15. The lowest BCUT2D eigenvalue weighted by atomic mass is 10.2. The zero-order valence-electron chi connectivity index (χ0n) is 10.4. The van der Waals surface area contributed by atoms with Gasteiger partial charge in [-0.2, -0.15) is 0 Å². The number of carboxylic acids is 1. The van der Waals surface area contributed by atoms with Crippen molar-refractivity contribution in [3.63, 3.8) is 0 Å². The largest absolute Gasteiger partial charge is 0.478 e. The molecule has 0 unspecified atom stereocenters. The summed E-state index contributed by atoms with van der Waals surface area (Å²) in [6.45, 7) is 1.84. The number of hydrogen-bond acceptors (Lipinski definition) is 5. The molecule has 0 saturated heterocycles. The van der Waals surface area contributed by atoms with Crippen molar-refractivity contribution in [3.05, 3.63) is 47.8 Å². The Bertz CT molecular complexity index is 724. The van der Waals surface area contributed by atoms with Crippen molar-refractivity contribution in [1.29, 1.82) is 0 Å². The molecule has 8 heteroatoms. The van der Waals surface area contributed by atoms with Crippen molar-refractivity contribution in [2.24, 2.45) is 0 Å². The first-order valence-corrected chi connectivity index (χ1v) is 7.01. The number of sulfonamides is 1. The average molecular weight is 293 g/mol. The molecule has 2 N–H and O–H groups in total. The van der Waals surface area contributed by atoms with Gasteiger partial charge in [0.2, 0.25) is 5.95 Å². The zero-order chi connectivity index (χ0) is 14.8. The summed E-state index contributed by atoms with van der Waals surface area (Å²) in [6, 6.07) is 6.26. The van der Waals surface area contributed by atoms with Crippen molar-refractivity contribution in [2.45, 2.75) is 11.8 Å². The first-order chi connectivity index (χ1) is 9.38. The smallest absolute Gasteiger partial charge is 0.338 e. The van der Waals surface area contributed by atoms with Gasteiger partial charge in [-0.3, -0.25) is 0 Å². The summed E-state index contributed by atoms with van der Waals surface area (Å²) in [7, 11) is -3.79. The molecule has 2 aromatic rings. The number of aromatic carboxylic acids is 1. The van der Waals surface area contributed by atoms with Crippen LogP contribution in [0.15, 0.2) is 41.6 Å². The minimum Gasteiger partial charge on any atom is -0.478 e. The van der Waals surface area contributed by atoms with Gasteiger partial charge in [0, 0.05) is 12.4 Å². The molecule has 1 aromatic heterocycles. The first kappa shape index (κ1) is 13.9. The molecule has 0 amide bonds. The van der Waals surface area contributed by atoms with Gasteiger partial charge in [0.25, 0.3) is 10.0 Å². The van der Waals surface area contributed by atoms with Crippen molar-refractivity contribution in [2.75, 3.05) is 4.72 Å². The van der Waals surface area contributed by atoms with Crippen LogP contribution in [0.1, 0.15) is 15.9 Å². The van der Waals surface area contributed by atoms with Crippen LogP contribution in [0.2, 0.25) is 0 Å². The summed E-state index contributed by atoms with van der Waals surface area (Å²) in [6.07, 6.45) is 2.06. The maximum atomic E-state index is 12.0. The number of carbonyl (C=O) groups is 1. The highest BCUT2D eigenvalue weighted by molar-refractivity contribution is 7.92. The Morgan fingerprint density at radius 3 is 2.20 bits per heavy atom. The van der Waals surface area contributed by atoms with Gasteiger partial charge in [-0.15, -0.1) is 0 Å². The van der Waals surface area contributed by atoms with Gasteiger partial charge in [-0.1, -0.05) is 17.7 Å². The predicted octanol–water partition coefficient (Wildman–Crippen LogP) is 1.28. The van der Waals surface area contributed by atoms with E-state index in [-0.39, 0.29) is 16.4 Å². The van der Waals surface area contributed by atoms with E-state index in [2.05, 4.69) is 14.7 Å². The molecule has 7 nitrogen and oxygen atoms in total. The van der Waals surface area contributed by atoms with Crippen LogP contribution in [0, 0.1) is 6.92 Å². The van der Waals surface area contributed by atoms with Gasteiger partial charge in [-0.25, -0.2) is 27.9 Å². The van der Waals surface area contributed by atoms with Gasteiger partial charge in [0.05, 0.1) is 10.5 Å². The highest BCUT2D eigenvalue weighted by Crippen LogP contribution is 2.13. The summed E-state index contributed by atoms with van der Waals surface area (Å²) in [5.41, 5.74) is 0.814. The monoisotopic (exact) mass is 293 g/mol. The maximum absolute atomic E-state index is 12.0. The van der Waals surface area contributed by atoms with Gasteiger partial charge in [0.1, 0.15) is 0 Å². The van der Waals surface area contributed by atoms with E-state index in [1.807, 2.05) is 6.92 Å². The molecule has 20 heavy (non-hydrogen) atoms. The molecule has 0 saturated carbocycles. The number of rotatable bonds is 4. The number of carboxylic acid groups (broad SMARTS) is 1. The summed E-state index contributed by atoms with van der Waals surface area (Å²) in [5, 5.41) is 8.69. The van der Waals surface area contributed by atoms with E-state index in [9.17, 15) is 13.2 Å². The normalized spacial score (nSPS) is 11.1. The lowest BCUT2D eigenvalue weighted by molar-refractivity contribution is 0.0696. The van der Waals surface area contributed by atoms with Gasteiger partial charge >= 0.3 is 5.97 Å². The number of hydrogen-bond donors (Lipinski definition) is 2. The Morgan fingerprint density at radius 2 is 1.70 bits per heavy atom. The zero-order valence-corrected chi connectivity index (χ0v) is 11.3.